The van der Waals surface area contributed by atoms with Crippen molar-refractivity contribution < 1.29 is 9.53 Å². The number of esters is 1. The zero-order valence-corrected chi connectivity index (χ0v) is 6.89. The second-order valence-corrected chi connectivity index (χ2v) is 2.71. The molecule has 11 heavy (non-hydrogen) atoms. The van der Waals surface area contributed by atoms with E-state index in [9.17, 15) is 4.79 Å². The lowest BCUT2D eigenvalue weighted by molar-refractivity contribution is -0.148. The monoisotopic (exact) mass is 155 g/mol. The standard InChI is InChI=1S/C8H13NO2/c1-3-11-7(10)8(2)5-4-6-9-8/h4-5,9H,3,6H2,1-2H3. The molecule has 0 radical (unpaired) electrons. The van der Waals surface area contributed by atoms with Crippen LogP contribution in [0.25, 0.3) is 0 Å². The van der Waals surface area contributed by atoms with Crippen molar-refractivity contribution >= 4 is 5.97 Å². The van der Waals surface area contributed by atoms with Gasteiger partial charge in [-0.15, -0.1) is 0 Å². The summed E-state index contributed by atoms with van der Waals surface area (Å²) in [5, 5.41) is 3.03. The third kappa shape index (κ3) is 1.60. The molecule has 1 unspecified atom stereocenters. The van der Waals surface area contributed by atoms with Gasteiger partial charge in [0.2, 0.25) is 0 Å². The fourth-order valence-electron chi connectivity index (χ4n) is 1.05. The van der Waals surface area contributed by atoms with Crippen molar-refractivity contribution in [2.45, 2.75) is 19.4 Å². The molecule has 0 fully saturated rings. The Hall–Kier alpha value is -0.830. The van der Waals surface area contributed by atoms with E-state index in [4.69, 9.17) is 4.74 Å². The summed E-state index contributed by atoms with van der Waals surface area (Å²) in [6, 6.07) is 0. The third-order valence-corrected chi connectivity index (χ3v) is 1.74. The smallest absolute Gasteiger partial charge is 0.330 e. The SMILES string of the molecule is CCOC(=O)C1(C)C=CCN1. The van der Waals surface area contributed by atoms with Gasteiger partial charge in [-0.1, -0.05) is 12.2 Å². The minimum Gasteiger partial charge on any atom is -0.464 e. The lowest BCUT2D eigenvalue weighted by Crippen LogP contribution is -2.45. The highest BCUT2D eigenvalue weighted by Crippen LogP contribution is 2.12. The van der Waals surface area contributed by atoms with Crippen LogP contribution in [0.5, 0.6) is 0 Å². The summed E-state index contributed by atoms with van der Waals surface area (Å²) in [6.07, 6.45) is 3.77. The summed E-state index contributed by atoms with van der Waals surface area (Å²) in [5.41, 5.74) is -0.587. The quantitative estimate of drug-likeness (QED) is 0.465. The molecule has 1 aliphatic rings. The summed E-state index contributed by atoms with van der Waals surface area (Å²) in [5.74, 6) is -0.200. The molecule has 0 aromatic rings. The first-order chi connectivity index (χ1) is 5.19. The van der Waals surface area contributed by atoms with Gasteiger partial charge in [-0.2, -0.15) is 0 Å². The summed E-state index contributed by atoms with van der Waals surface area (Å²) in [7, 11) is 0. The highest BCUT2D eigenvalue weighted by molar-refractivity contribution is 5.83. The summed E-state index contributed by atoms with van der Waals surface area (Å²) in [4.78, 5) is 11.2. The molecular formula is C8H13NO2. The van der Waals surface area contributed by atoms with Gasteiger partial charge in [-0.25, -0.2) is 4.79 Å². The Kier molecular flexibility index (Phi) is 2.29. The summed E-state index contributed by atoms with van der Waals surface area (Å²) in [6.45, 7) is 4.80. The Morgan fingerprint density at radius 2 is 2.55 bits per heavy atom. The second kappa shape index (κ2) is 3.05. The molecule has 0 aliphatic carbocycles. The normalized spacial score (nSPS) is 28.9. The number of hydrogen-bond acceptors (Lipinski definition) is 3. The van der Waals surface area contributed by atoms with Crippen LogP contribution in [0.2, 0.25) is 0 Å². The van der Waals surface area contributed by atoms with Crippen LogP contribution in [0.15, 0.2) is 12.2 Å². The van der Waals surface area contributed by atoms with E-state index in [1.54, 1.807) is 6.92 Å². The maximum Gasteiger partial charge on any atom is 0.330 e. The molecule has 1 rings (SSSR count). The van der Waals surface area contributed by atoms with Gasteiger partial charge in [0.1, 0.15) is 5.54 Å². The van der Waals surface area contributed by atoms with Crippen molar-refractivity contribution in [2.24, 2.45) is 0 Å². The highest BCUT2D eigenvalue weighted by atomic mass is 16.5. The van der Waals surface area contributed by atoms with E-state index in [0.717, 1.165) is 6.54 Å². The van der Waals surface area contributed by atoms with Crippen LogP contribution in [0.3, 0.4) is 0 Å². The van der Waals surface area contributed by atoms with Crippen LogP contribution in [0.1, 0.15) is 13.8 Å². The molecule has 0 aromatic carbocycles. The van der Waals surface area contributed by atoms with Gasteiger partial charge in [0, 0.05) is 6.54 Å². The van der Waals surface area contributed by atoms with Gasteiger partial charge < -0.3 is 4.74 Å². The molecule has 1 aliphatic heterocycles. The predicted molar refractivity (Wildman–Crippen MR) is 42.2 cm³/mol. The molecule has 3 nitrogen and oxygen atoms in total. The van der Waals surface area contributed by atoms with Crippen molar-refractivity contribution in [2.75, 3.05) is 13.2 Å². The van der Waals surface area contributed by atoms with Gasteiger partial charge >= 0.3 is 5.97 Å². The topological polar surface area (TPSA) is 38.3 Å². The lowest BCUT2D eigenvalue weighted by atomic mass is 10.1. The van der Waals surface area contributed by atoms with Gasteiger partial charge in [-0.05, 0) is 13.8 Å². The van der Waals surface area contributed by atoms with Gasteiger partial charge in [0.15, 0.2) is 0 Å². The maximum absolute atomic E-state index is 11.2. The second-order valence-electron chi connectivity index (χ2n) is 2.71. The Morgan fingerprint density at radius 1 is 1.82 bits per heavy atom. The van der Waals surface area contributed by atoms with Crippen molar-refractivity contribution in [3.8, 4) is 0 Å². The molecular weight excluding hydrogens is 142 g/mol. The average Bonchev–Trinajstić information content (AvgIpc) is 2.38. The van der Waals surface area contributed by atoms with E-state index in [1.807, 2.05) is 19.1 Å². The minimum atomic E-state index is -0.587. The molecule has 3 heteroatoms. The number of rotatable bonds is 2. The van der Waals surface area contributed by atoms with Crippen LogP contribution in [-0.4, -0.2) is 24.7 Å². The summed E-state index contributed by atoms with van der Waals surface area (Å²) >= 11 is 0. The molecule has 0 bridgehead atoms. The Morgan fingerprint density at radius 3 is 3.00 bits per heavy atom. The predicted octanol–water partition coefficient (Wildman–Crippen LogP) is 0.468. The Labute approximate surface area is 66.4 Å². The average molecular weight is 155 g/mol. The van der Waals surface area contributed by atoms with Crippen molar-refractivity contribution in [1.82, 2.24) is 5.32 Å². The number of hydrogen-bond donors (Lipinski definition) is 1. The van der Waals surface area contributed by atoms with E-state index in [-0.39, 0.29) is 5.97 Å². The molecule has 1 heterocycles. The molecule has 0 spiro atoms. The maximum atomic E-state index is 11.2. The first-order valence-corrected chi connectivity index (χ1v) is 3.79. The highest BCUT2D eigenvalue weighted by Gasteiger charge is 2.33. The molecule has 1 N–H and O–H groups in total. The Balaban J connectivity index is 2.57. The molecule has 0 amide bonds. The van der Waals surface area contributed by atoms with Crippen molar-refractivity contribution in [3.63, 3.8) is 0 Å². The van der Waals surface area contributed by atoms with Crippen LogP contribution < -0.4 is 5.32 Å². The first-order valence-electron chi connectivity index (χ1n) is 3.79. The zero-order valence-electron chi connectivity index (χ0n) is 6.89. The largest absolute Gasteiger partial charge is 0.464 e. The zero-order chi connectivity index (χ0) is 8.32. The van der Waals surface area contributed by atoms with Crippen molar-refractivity contribution in [1.29, 1.82) is 0 Å². The fourth-order valence-corrected chi connectivity index (χ4v) is 1.05. The molecule has 62 valence electrons. The lowest BCUT2D eigenvalue weighted by Gasteiger charge is -2.19. The number of nitrogens with one attached hydrogen (secondary N) is 1. The van der Waals surface area contributed by atoms with E-state index >= 15 is 0 Å². The van der Waals surface area contributed by atoms with Gasteiger partial charge in [-0.3, -0.25) is 5.32 Å². The van der Waals surface area contributed by atoms with Crippen LogP contribution >= 0.6 is 0 Å². The van der Waals surface area contributed by atoms with E-state index < -0.39 is 5.54 Å². The third-order valence-electron chi connectivity index (χ3n) is 1.74. The molecule has 0 saturated heterocycles. The van der Waals surface area contributed by atoms with Gasteiger partial charge in [0.05, 0.1) is 6.61 Å². The fraction of sp³-hybridized carbons (Fsp3) is 0.625. The minimum absolute atomic E-state index is 0.200. The van der Waals surface area contributed by atoms with Crippen molar-refractivity contribution in [3.05, 3.63) is 12.2 Å². The number of carbonyl (C=O) groups is 1. The van der Waals surface area contributed by atoms with Crippen LogP contribution in [0.4, 0.5) is 0 Å². The van der Waals surface area contributed by atoms with E-state index in [1.165, 1.54) is 0 Å². The summed E-state index contributed by atoms with van der Waals surface area (Å²) < 4.78 is 4.88. The molecule has 0 saturated carbocycles. The number of carbonyl (C=O) groups excluding carboxylic acids is 1. The number of ether oxygens (including phenoxy) is 1. The Bertz CT molecular complexity index is 189. The van der Waals surface area contributed by atoms with Crippen LogP contribution in [-0.2, 0) is 9.53 Å². The van der Waals surface area contributed by atoms with E-state index in [0.29, 0.717) is 6.61 Å². The van der Waals surface area contributed by atoms with Crippen LogP contribution in [0, 0.1) is 0 Å². The molecule has 1 atom stereocenters. The molecule has 0 aromatic heterocycles. The van der Waals surface area contributed by atoms with E-state index in [2.05, 4.69) is 5.32 Å². The first kappa shape index (κ1) is 8.27. The van der Waals surface area contributed by atoms with Gasteiger partial charge in [0.25, 0.3) is 0 Å².